The van der Waals surface area contributed by atoms with Gasteiger partial charge in [0.2, 0.25) is 0 Å². The minimum atomic E-state index is -4.19. The molecular weight excluding hydrogens is 229 g/mol. The minimum absolute atomic E-state index is 0.235. The van der Waals surface area contributed by atoms with Gasteiger partial charge in [-0.1, -0.05) is 32.1 Å². The van der Waals surface area contributed by atoms with Crippen molar-refractivity contribution in [2.24, 2.45) is 5.73 Å². The summed E-state index contributed by atoms with van der Waals surface area (Å²) >= 11 is 0. The highest BCUT2D eigenvalue weighted by molar-refractivity contribution is 7.53. The number of hydrogen-bond acceptors (Lipinski definition) is 3. The first kappa shape index (κ1) is 16.1. The standard InChI is InChI=1S/C10H24NO4P/c1-10(11,16(13,14)15)8-6-4-2-3-5-7-9-12/h12H,2-9,11H2,1H3,(H2,13,14,15). The Morgan fingerprint density at radius 3 is 1.94 bits per heavy atom. The van der Waals surface area contributed by atoms with Crippen molar-refractivity contribution in [1.82, 2.24) is 0 Å². The highest BCUT2D eigenvalue weighted by atomic mass is 31.2. The third-order valence-corrected chi connectivity index (χ3v) is 4.31. The maximum absolute atomic E-state index is 11.0. The Morgan fingerprint density at radius 1 is 1.06 bits per heavy atom. The average molecular weight is 253 g/mol. The fourth-order valence-electron chi connectivity index (χ4n) is 1.45. The zero-order chi connectivity index (χ0) is 12.7. The van der Waals surface area contributed by atoms with Gasteiger partial charge in [0.15, 0.2) is 0 Å². The highest BCUT2D eigenvalue weighted by Gasteiger charge is 2.37. The van der Waals surface area contributed by atoms with E-state index in [4.69, 9.17) is 20.6 Å². The van der Waals surface area contributed by atoms with Gasteiger partial charge in [0, 0.05) is 6.61 Å². The number of aliphatic hydroxyl groups is 1. The molecule has 0 aliphatic rings. The summed E-state index contributed by atoms with van der Waals surface area (Å²) in [5.41, 5.74) is 5.56. The molecule has 5 nitrogen and oxygen atoms in total. The molecule has 16 heavy (non-hydrogen) atoms. The third kappa shape index (κ3) is 6.61. The molecule has 1 atom stereocenters. The summed E-state index contributed by atoms with van der Waals surface area (Å²) in [7, 11) is -4.19. The van der Waals surface area contributed by atoms with Gasteiger partial charge >= 0.3 is 7.60 Å². The van der Waals surface area contributed by atoms with Crippen LogP contribution in [0.15, 0.2) is 0 Å². The van der Waals surface area contributed by atoms with Gasteiger partial charge in [-0.25, -0.2) is 0 Å². The first-order chi connectivity index (χ1) is 7.31. The van der Waals surface area contributed by atoms with Crippen LogP contribution in [0.1, 0.15) is 51.9 Å². The molecule has 0 heterocycles. The van der Waals surface area contributed by atoms with Crippen LogP contribution in [0.3, 0.4) is 0 Å². The number of rotatable bonds is 9. The van der Waals surface area contributed by atoms with Crippen molar-refractivity contribution in [3.05, 3.63) is 0 Å². The average Bonchev–Trinajstić information content (AvgIpc) is 2.14. The summed E-state index contributed by atoms with van der Waals surface area (Å²) in [5.74, 6) is 0. The van der Waals surface area contributed by atoms with E-state index in [0.29, 0.717) is 6.42 Å². The zero-order valence-electron chi connectivity index (χ0n) is 9.93. The molecule has 0 radical (unpaired) electrons. The highest BCUT2D eigenvalue weighted by Crippen LogP contribution is 2.49. The van der Waals surface area contributed by atoms with Crippen molar-refractivity contribution in [2.75, 3.05) is 6.61 Å². The maximum atomic E-state index is 11.0. The lowest BCUT2D eigenvalue weighted by Crippen LogP contribution is -2.35. The number of hydrogen-bond donors (Lipinski definition) is 4. The summed E-state index contributed by atoms with van der Waals surface area (Å²) in [5, 5.41) is 7.17. The van der Waals surface area contributed by atoms with Gasteiger partial charge in [-0.3, -0.25) is 4.57 Å². The van der Waals surface area contributed by atoms with E-state index in [1.807, 2.05) is 0 Å². The van der Waals surface area contributed by atoms with Gasteiger partial charge in [-0.2, -0.15) is 0 Å². The zero-order valence-corrected chi connectivity index (χ0v) is 10.8. The molecule has 98 valence electrons. The Bertz CT molecular complexity index is 227. The molecule has 5 N–H and O–H groups in total. The fraction of sp³-hybridized carbons (Fsp3) is 1.00. The van der Waals surface area contributed by atoms with Gasteiger partial charge in [0.25, 0.3) is 0 Å². The molecular formula is C10H24NO4P. The molecule has 1 unspecified atom stereocenters. The predicted molar refractivity (Wildman–Crippen MR) is 64.0 cm³/mol. The molecule has 0 saturated carbocycles. The van der Waals surface area contributed by atoms with Crippen LogP contribution >= 0.6 is 7.60 Å². The van der Waals surface area contributed by atoms with Crippen LogP contribution in [0.25, 0.3) is 0 Å². The quantitative estimate of drug-likeness (QED) is 0.369. The van der Waals surface area contributed by atoms with Crippen molar-refractivity contribution in [3.8, 4) is 0 Å². The molecule has 0 aliphatic carbocycles. The first-order valence-corrected chi connectivity index (χ1v) is 7.38. The Balaban J connectivity index is 3.55. The second-order valence-electron chi connectivity index (χ2n) is 4.50. The lowest BCUT2D eigenvalue weighted by molar-refractivity contribution is 0.282. The van der Waals surface area contributed by atoms with E-state index in [2.05, 4.69) is 0 Å². The predicted octanol–water partition coefficient (Wildman–Crippen LogP) is 1.56. The second kappa shape index (κ2) is 7.41. The molecule has 0 bridgehead atoms. The smallest absolute Gasteiger partial charge is 0.344 e. The lowest BCUT2D eigenvalue weighted by Gasteiger charge is -2.25. The summed E-state index contributed by atoms with van der Waals surface area (Å²) < 4.78 is 11.0. The topological polar surface area (TPSA) is 104 Å². The van der Waals surface area contributed by atoms with Gasteiger partial charge < -0.3 is 20.6 Å². The van der Waals surface area contributed by atoms with E-state index in [1.54, 1.807) is 0 Å². The molecule has 0 aromatic rings. The number of unbranched alkanes of at least 4 members (excludes halogenated alkanes) is 5. The molecule has 0 amide bonds. The number of aliphatic hydroxyl groups excluding tert-OH is 1. The molecule has 0 spiro atoms. The Morgan fingerprint density at radius 2 is 1.50 bits per heavy atom. The van der Waals surface area contributed by atoms with E-state index in [9.17, 15) is 4.57 Å². The molecule has 6 heteroatoms. The van der Waals surface area contributed by atoms with Crippen LogP contribution < -0.4 is 5.73 Å². The lowest BCUT2D eigenvalue weighted by atomic mass is 10.1. The summed E-state index contributed by atoms with van der Waals surface area (Å²) in [6.45, 7) is 1.64. The fourth-order valence-corrected chi connectivity index (χ4v) is 1.90. The minimum Gasteiger partial charge on any atom is -0.396 e. The van der Waals surface area contributed by atoms with Crippen molar-refractivity contribution in [3.63, 3.8) is 0 Å². The monoisotopic (exact) mass is 253 g/mol. The van der Waals surface area contributed by atoms with E-state index in [1.165, 1.54) is 6.92 Å². The van der Waals surface area contributed by atoms with Crippen LogP contribution in [0.2, 0.25) is 0 Å². The maximum Gasteiger partial charge on any atom is 0.344 e. The molecule has 0 fully saturated rings. The van der Waals surface area contributed by atoms with E-state index < -0.39 is 12.9 Å². The van der Waals surface area contributed by atoms with Gasteiger partial charge in [-0.15, -0.1) is 0 Å². The molecule has 0 rings (SSSR count). The van der Waals surface area contributed by atoms with E-state index in [-0.39, 0.29) is 6.61 Å². The van der Waals surface area contributed by atoms with Gasteiger partial charge in [-0.05, 0) is 19.8 Å². The van der Waals surface area contributed by atoms with Gasteiger partial charge in [0.05, 0.1) is 0 Å². The second-order valence-corrected chi connectivity index (χ2v) is 6.61. The molecule has 0 aromatic carbocycles. The van der Waals surface area contributed by atoms with E-state index in [0.717, 1.165) is 38.5 Å². The summed E-state index contributed by atoms with van der Waals surface area (Å²) in [6.07, 6.45) is 5.92. The largest absolute Gasteiger partial charge is 0.396 e. The van der Waals surface area contributed by atoms with Crippen LogP contribution in [0.4, 0.5) is 0 Å². The van der Waals surface area contributed by atoms with Crippen molar-refractivity contribution < 1.29 is 19.5 Å². The van der Waals surface area contributed by atoms with Crippen molar-refractivity contribution in [2.45, 2.75) is 57.1 Å². The SMILES string of the molecule is CC(N)(CCCCCCCCO)P(=O)(O)O. The summed E-state index contributed by atoms with van der Waals surface area (Å²) in [6, 6.07) is 0. The van der Waals surface area contributed by atoms with Crippen LogP contribution in [-0.4, -0.2) is 26.8 Å². The molecule has 0 saturated heterocycles. The van der Waals surface area contributed by atoms with Crippen LogP contribution in [0.5, 0.6) is 0 Å². The van der Waals surface area contributed by atoms with Crippen LogP contribution in [-0.2, 0) is 4.57 Å². The van der Waals surface area contributed by atoms with Crippen LogP contribution in [0, 0.1) is 0 Å². The molecule has 0 aromatic heterocycles. The summed E-state index contributed by atoms with van der Waals surface area (Å²) in [4.78, 5) is 18.0. The Hall–Kier alpha value is 0.0700. The third-order valence-electron chi connectivity index (χ3n) is 2.76. The van der Waals surface area contributed by atoms with Crippen molar-refractivity contribution in [1.29, 1.82) is 0 Å². The number of nitrogens with two attached hydrogens (primary N) is 1. The normalized spacial score (nSPS) is 16.1. The Labute approximate surface area is 97.2 Å². The van der Waals surface area contributed by atoms with Gasteiger partial charge in [0.1, 0.15) is 5.28 Å². The first-order valence-electron chi connectivity index (χ1n) is 5.76. The van der Waals surface area contributed by atoms with E-state index >= 15 is 0 Å². The van der Waals surface area contributed by atoms with Crippen molar-refractivity contribution >= 4 is 7.60 Å². The Kier molecular flexibility index (Phi) is 7.44. The molecule has 0 aliphatic heterocycles.